The van der Waals surface area contributed by atoms with Gasteiger partial charge in [-0.25, -0.2) is 9.97 Å². The van der Waals surface area contributed by atoms with E-state index in [1.54, 1.807) is 6.20 Å². The second-order valence-electron chi connectivity index (χ2n) is 4.81. The van der Waals surface area contributed by atoms with Crippen LogP contribution >= 0.6 is 0 Å². The number of hydrogen-bond donors (Lipinski definition) is 1. The second kappa shape index (κ2) is 5.39. The zero-order valence-electron chi connectivity index (χ0n) is 11.7. The Morgan fingerprint density at radius 1 is 1.43 bits per heavy atom. The van der Waals surface area contributed by atoms with Crippen molar-refractivity contribution >= 4 is 17.3 Å². The van der Waals surface area contributed by atoms with Gasteiger partial charge in [0.15, 0.2) is 0 Å². The van der Waals surface area contributed by atoms with Gasteiger partial charge in [0.05, 0.1) is 23.6 Å². The molecule has 0 saturated heterocycles. The minimum Gasteiger partial charge on any atom is -0.370 e. The molecule has 2 aromatic heterocycles. The Hall–Kier alpha value is -2.64. The van der Waals surface area contributed by atoms with E-state index < -0.39 is 4.92 Å². The Balaban J connectivity index is 1.92. The number of nitro groups is 1. The summed E-state index contributed by atoms with van der Waals surface area (Å²) in [5.74, 6) is 2.07. The Bertz CT molecular complexity index is 668. The van der Waals surface area contributed by atoms with Gasteiger partial charge in [-0.15, -0.1) is 0 Å². The highest BCUT2D eigenvalue weighted by Crippen LogP contribution is 2.25. The Morgan fingerprint density at radius 3 is 3.05 bits per heavy atom. The van der Waals surface area contributed by atoms with Crippen LogP contribution in [0.15, 0.2) is 24.5 Å². The number of hydrogen-bond acceptors (Lipinski definition) is 6. The van der Waals surface area contributed by atoms with Gasteiger partial charge in [-0.2, -0.15) is 0 Å². The summed E-state index contributed by atoms with van der Waals surface area (Å²) < 4.78 is 2.08. The van der Waals surface area contributed by atoms with E-state index in [9.17, 15) is 10.1 Å². The highest BCUT2D eigenvalue weighted by Gasteiger charge is 2.21. The lowest BCUT2D eigenvalue weighted by molar-refractivity contribution is -0.384. The van der Waals surface area contributed by atoms with Crippen molar-refractivity contribution in [2.45, 2.75) is 20.0 Å². The molecule has 0 amide bonds. The van der Waals surface area contributed by atoms with Gasteiger partial charge in [0.2, 0.25) is 0 Å². The van der Waals surface area contributed by atoms with E-state index in [0.717, 1.165) is 18.9 Å². The van der Waals surface area contributed by atoms with Gasteiger partial charge in [0, 0.05) is 32.0 Å². The van der Waals surface area contributed by atoms with E-state index in [1.807, 2.05) is 18.0 Å². The molecule has 0 spiro atoms. The van der Waals surface area contributed by atoms with Gasteiger partial charge < -0.3 is 14.8 Å². The molecule has 1 N–H and O–H groups in total. The molecule has 8 heteroatoms. The molecule has 8 nitrogen and oxygen atoms in total. The number of rotatable bonds is 4. The molecule has 0 fully saturated rings. The molecule has 21 heavy (non-hydrogen) atoms. The van der Waals surface area contributed by atoms with Gasteiger partial charge in [0.25, 0.3) is 5.69 Å². The fourth-order valence-electron chi connectivity index (χ4n) is 2.41. The maximum Gasteiger partial charge on any atom is 0.276 e. The van der Waals surface area contributed by atoms with E-state index in [4.69, 9.17) is 0 Å². The number of nitrogens with one attached hydrogen (secondary N) is 1. The van der Waals surface area contributed by atoms with E-state index >= 15 is 0 Å². The Labute approximate surface area is 121 Å². The number of imidazole rings is 1. The molecule has 3 rings (SSSR count). The molecule has 3 heterocycles. The zero-order chi connectivity index (χ0) is 14.8. The molecular formula is C13H16N6O2. The average Bonchev–Trinajstić information content (AvgIpc) is 2.94. The lowest BCUT2D eigenvalue weighted by atomic mass is 10.3. The summed E-state index contributed by atoms with van der Waals surface area (Å²) in [4.78, 5) is 21.4. The summed E-state index contributed by atoms with van der Waals surface area (Å²) in [5, 5.41) is 14.1. The normalized spacial score (nSPS) is 13.9. The summed E-state index contributed by atoms with van der Waals surface area (Å²) >= 11 is 0. The number of anilines is 2. The van der Waals surface area contributed by atoms with Crippen molar-refractivity contribution in [1.82, 2.24) is 14.5 Å². The molecule has 110 valence electrons. The molecular weight excluding hydrogens is 272 g/mol. The Kier molecular flexibility index (Phi) is 3.43. The molecule has 0 aromatic carbocycles. The third-order valence-corrected chi connectivity index (χ3v) is 3.43. The molecule has 1 aliphatic heterocycles. The minimum atomic E-state index is -0.392. The third kappa shape index (κ3) is 2.64. The van der Waals surface area contributed by atoms with Gasteiger partial charge in [-0.1, -0.05) is 0 Å². The van der Waals surface area contributed by atoms with Crippen molar-refractivity contribution in [2.75, 3.05) is 23.3 Å². The highest BCUT2D eigenvalue weighted by molar-refractivity contribution is 5.56. The van der Waals surface area contributed by atoms with Crippen molar-refractivity contribution in [3.63, 3.8) is 0 Å². The van der Waals surface area contributed by atoms with Crippen molar-refractivity contribution < 1.29 is 4.92 Å². The lowest BCUT2D eigenvalue weighted by Gasteiger charge is -2.28. The first-order valence-corrected chi connectivity index (χ1v) is 6.82. The van der Waals surface area contributed by atoms with Crippen LogP contribution in [0.25, 0.3) is 0 Å². The van der Waals surface area contributed by atoms with Gasteiger partial charge in [-0.3, -0.25) is 10.1 Å². The van der Waals surface area contributed by atoms with E-state index in [-0.39, 0.29) is 5.69 Å². The predicted octanol–water partition coefficient (Wildman–Crippen LogP) is 1.64. The lowest BCUT2D eigenvalue weighted by Crippen LogP contribution is -2.34. The van der Waals surface area contributed by atoms with Crippen LogP contribution in [-0.2, 0) is 13.1 Å². The second-order valence-corrected chi connectivity index (χ2v) is 4.81. The Morgan fingerprint density at radius 2 is 2.29 bits per heavy atom. The van der Waals surface area contributed by atoms with Gasteiger partial charge in [-0.05, 0) is 6.92 Å². The number of fused-ring (bicyclic) bond motifs is 1. The number of nitrogens with zero attached hydrogens (tertiary/aromatic N) is 5. The van der Waals surface area contributed by atoms with Crippen molar-refractivity contribution in [1.29, 1.82) is 0 Å². The summed E-state index contributed by atoms with van der Waals surface area (Å²) in [6, 6.07) is 2.97. The smallest absolute Gasteiger partial charge is 0.276 e. The van der Waals surface area contributed by atoms with Crippen LogP contribution in [0.2, 0.25) is 0 Å². The highest BCUT2D eigenvalue weighted by atomic mass is 16.6. The third-order valence-electron chi connectivity index (χ3n) is 3.43. The molecule has 0 saturated carbocycles. The van der Waals surface area contributed by atoms with Crippen molar-refractivity contribution in [3.05, 3.63) is 40.5 Å². The topological polar surface area (TPSA) is 89.1 Å². The van der Waals surface area contributed by atoms with Crippen LogP contribution in [0.4, 0.5) is 17.3 Å². The molecule has 0 radical (unpaired) electrons. The van der Waals surface area contributed by atoms with Crippen molar-refractivity contribution in [3.8, 4) is 0 Å². The largest absolute Gasteiger partial charge is 0.370 e. The first-order chi connectivity index (χ1) is 10.2. The van der Waals surface area contributed by atoms with Gasteiger partial charge in [0.1, 0.15) is 17.5 Å². The first-order valence-electron chi connectivity index (χ1n) is 6.82. The zero-order valence-corrected chi connectivity index (χ0v) is 11.7. The minimum absolute atomic E-state index is 0.0462. The number of aromatic nitrogens is 3. The molecule has 0 bridgehead atoms. The first kappa shape index (κ1) is 13.3. The van der Waals surface area contributed by atoms with E-state index in [1.165, 1.54) is 12.1 Å². The quantitative estimate of drug-likeness (QED) is 0.679. The van der Waals surface area contributed by atoms with Crippen LogP contribution in [0.3, 0.4) is 0 Å². The van der Waals surface area contributed by atoms with Crippen LogP contribution in [-0.4, -0.2) is 32.5 Å². The summed E-state index contributed by atoms with van der Waals surface area (Å²) in [6.45, 7) is 4.75. The van der Waals surface area contributed by atoms with Crippen LogP contribution < -0.4 is 10.2 Å². The van der Waals surface area contributed by atoms with Gasteiger partial charge >= 0.3 is 0 Å². The average molecular weight is 288 g/mol. The van der Waals surface area contributed by atoms with Crippen LogP contribution in [0.5, 0.6) is 0 Å². The van der Waals surface area contributed by atoms with Crippen molar-refractivity contribution in [2.24, 2.45) is 0 Å². The van der Waals surface area contributed by atoms with Crippen LogP contribution in [0, 0.1) is 10.1 Å². The predicted molar refractivity (Wildman–Crippen MR) is 78.3 cm³/mol. The maximum atomic E-state index is 11.1. The summed E-state index contributed by atoms with van der Waals surface area (Å²) in [5.41, 5.74) is 0.0462. The monoisotopic (exact) mass is 288 g/mol. The summed E-state index contributed by atoms with van der Waals surface area (Å²) in [6.07, 6.45) is 3.71. The molecule has 0 atom stereocenters. The summed E-state index contributed by atoms with van der Waals surface area (Å²) in [7, 11) is 0. The standard InChI is InChI=1S/C13H16N6O2/c1-2-14-11-7-10(19(20)21)8-12(16-11)18-6-5-17-4-3-15-13(17)9-18/h3-4,7-8H,2,5-6,9H2,1H3,(H,14,16). The SMILES string of the molecule is CCNc1cc([N+](=O)[O-])cc(N2CCn3ccnc3C2)n1. The maximum absolute atomic E-state index is 11.1. The fourth-order valence-corrected chi connectivity index (χ4v) is 2.41. The van der Waals surface area contributed by atoms with E-state index in [2.05, 4.69) is 19.9 Å². The molecule has 1 aliphatic rings. The molecule has 0 aliphatic carbocycles. The fraction of sp³-hybridized carbons (Fsp3) is 0.385. The number of pyridine rings is 1. The molecule has 2 aromatic rings. The van der Waals surface area contributed by atoms with E-state index in [0.29, 0.717) is 24.7 Å². The van der Waals surface area contributed by atoms with Crippen LogP contribution in [0.1, 0.15) is 12.7 Å². The molecule has 0 unspecified atom stereocenters.